The van der Waals surface area contributed by atoms with Crippen LogP contribution in [0.15, 0.2) is 38.0 Å². The van der Waals surface area contributed by atoms with Crippen LogP contribution in [0.1, 0.15) is 31.0 Å². The van der Waals surface area contributed by atoms with Crippen LogP contribution in [0.25, 0.3) is 10.9 Å². The highest BCUT2D eigenvalue weighted by atomic mass is 79.9. The molecule has 0 fully saturated rings. The first-order valence-corrected chi connectivity index (χ1v) is 11.6. The second-order valence-corrected chi connectivity index (χ2v) is 8.74. The van der Waals surface area contributed by atoms with E-state index in [2.05, 4.69) is 33.2 Å². The lowest BCUT2D eigenvalue weighted by atomic mass is 10.2. The molecule has 0 aliphatic rings. The number of benzene rings is 1. The summed E-state index contributed by atoms with van der Waals surface area (Å²) in [5.41, 5.74) is 1.75. The molecule has 3 rings (SSSR count). The summed E-state index contributed by atoms with van der Waals surface area (Å²) < 4.78 is 8.08. The summed E-state index contributed by atoms with van der Waals surface area (Å²) in [6.45, 7) is 5.99. The van der Waals surface area contributed by atoms with Crippen LogP contribution < -0.4 is 5.56 Å². The fraction of sp³-hybridized carbons (Fsp3) is 0.421. The highest BCUT2D eigenvalue weighted by Crippen LogP contribution is 2.24. The minimum Gasteiger partial charge on any atom is -0.382 e. The van der Waals surface area contributed by atoms with Crippen molar-refractivity contribution in [1.29, 1.82) is 0 Å². The fourth-order valence-electron chi connectivity index (χ4n) is 2.67. The fourth-order valence-corrected chi connectivity index (χ4v) is 4.79. The molecule has 0 aliphatic heterocycles. The smallest absolute Gasteiger partial charge is 0.262 e. The molecule has 0 amide bonds. The number of ether oxygens (including phenoxy) is 1. The lowest BCUT2D eigenvalue weighted by Gasteiger charge is -2.13. The van der Waals surface area contributed by atoms with Gasteiger partial charge in [0.25, 0.3) is 5.56 Å². The SMILES string of the molecule is CCOCCCn1c(SCc2csc(CC)n2)nc2ccc(Br)cc2c1=O. The van der Waals surface area contributed by atoms with Gasteiger partial charge in [-0.1, -0.05) is 34.6 Å². The van der Waals surface area contributed by atoms with Gasteiger partial charge in [-0.3, -0.25) is 9.36 Å². The molecule has 5 nitrogen and oxygen atoms in total. The quantitative estimate of drug-likeness (QED) is 0.254. The third-order valence-corrected chi connectivity index (χ3v) is 6.55. The molecule has 0 N–H and O–H groups in total. The molecule has 0 unspecified atom stereocenters. The Morgan fingerprint density at radius 1 is 1.30 bits per heavy atom. The molecule has 27 heavy (non-hydrogen) atoms. The number of thioether (sulfide) groups is 1. The topological polar surface area (TPSA) is 57.0 Å². The number of hydrogen-bond acceptors (Lipinski definition) is 6. The molecule has 1 aromatic carbocycles. The van der Waals surface area contributed by atoms with Gasteiger partial charge in [0.2, 0.25) is 0 Å². The van der Waals surface area contributed by atoms with Crippen LogP contribution in [0.5, 0.6) is 0 Å². The molecule has 0 radical (unpaired) electrons. The Hall–Kier alpha value is -1.22. The Morgan fingerprint density at radius 3 is 2.89 bits per heavy atom. The number of hydrogen-bond donors (Lipinski definition) is 0. The molecule has 0 spiro atoms. The van der Waals surface area contributed by atoms with Gasteiger partial charge in [-0.2, -0.15) is 0 Å². The molecule has 8 heteroatoms. The average molecular weight is 468 g/mol. The summed E-state index contributed by atoms with van der Waals surface area (Å²) in [5.74, 6) is 0.705. The summed E-state index contributed by atoms with van der Waals surface area (Å²) in [4.78, 5) is 22.4. The van der Waals surface area contributed by atoms with E-state index in [-0.39, 0.29) is 5.56 Å². The van der Waals surface area contributed by atoms with Crippen molar-refractivity contribution in [3.63, 3.8) is 0 Å². The van der Waals surface area contributed by atoms with Crippen molar-refractivity contribution in [2.24, 2.45) is 0 Å². The average Bonchev–Trinajstić information content (AvgIpc) is 3.14. The van der Waals surface area contributed by atoms with Gasteiger partial charge in [0.05, 0.1) is 21.6 Å². The summed E-state index contributed by atoms with van der Waals surface area (Å²) >= 11 is 6.69. The van der Waals surface area contributed by atoms with Gasteiger partial charge in [0.1, 0.15) is 0 Å². The second-order valence-electron chi connectivity index (χ2n) is 5.94. The third-order valence-electron chi connectivity index (χ3n) is 4.01. The van der Waals surface area contributed by atoms with E-state index < -0.39 is 0 Å². The Labute approximate surface area is 175 Å². The van der Waals surface area contributed by atoms with E-state index in [9.17, 15) is 4.79 Å². The second kappa shape index (κ2) is 9.82. The normalized spacial score (nSPS) is 11.4. The minimum atomic E-state index is -0.00664. The van der Waals surface area contributed by atoms with Crippen molar-refractivity contribution in [3.05, 3.63) is 49.1 Å². The van der Waals surface area contributed by atoms with Gasteiger partial charge < -0.3 is 4.74 Å². The van der Waals surface area contributed by atoms with Crippen LogP contribution in [-0.4, -0.2) is 27.7 Å². The molecule has 2 aromatic heterocycles. The minimum absolute atomic E-state index is 0.00664. The summed E-state index contributed by atoms with van der Waals surface area (Å²) in [6, 6.07) is 5.64. The van der Waals surface area contributed by atoms with Crippen LogP contribution in [0.3, 0.4) is 0 Å². The lowest BCUT2D eigenvalue weighted by molar-refractivity contribution is 0.140. The largest absolute Gasteiger partial charge is 0.382 e. The monoisotopic (exact) mass is 467 g/mol. The van der Waals surface area contributed by atoms with E-state index in [1.54, 1.807) is 27.7 Å². The van der Waals surface area contributed by atoms with E-state index >= 15 is 0 Å². The van der Waals surface area contributed by atoms with E-state index in [0.29, 0.717) is 30.9 Å². The van der Waals surface area contributed by atoms with Crippen molar-refractivity contribution < 1.29 is 4.74 Å². The molecule has 144 valence electrons. The van der Waals surface area contributed by atoms with E-state index in [0.717, 1.165) is 38.7 Å². The maximum absolute atomic E-state index is 13.1. The zero-order valence-corrected chi connectivity index (χ0v) is 18.6. The van der Waals surface area contributed by atoms with Gasteiger partial charge in [-0.15, -0.1) is 11.3 Å². The molecule has 0 bridgehead atoms. The summed E-state index contributed by atoms with van der Waals surface area (Å²) in [7, 11) is 0. The van der Waals surface area contributed by atoms with E-state index in [1.807, 2.05) is 25.1 Å². The van der Waals surface area contributed by atoms with Gasteiger partial charge in [-0.05, 0) is 38.0 Å². The van der Waals surface area contributed by atoms with Crippen LogP contribution in [-0.2, 0) is 23.5 Å². The maximum Gasteiger partial charge on any atom is 0.262 e. The predicted octanol–water partition coefficient (Wildman–Crippen LogP) is 4.90. The summed E-state index contributed by atoms with van der Waals surface area (Å²) in [5, 5.41) is 4.59. The highest BCUT2D eigenvalue weighted by Gasteiger charge is 2.13. The van der Waals surface area contributed by atoms with Crippen LogP contribution in [0.2, 0.25) is 0 Å². The number of thiazole rings is 1. The first kappa shape index (κ1) is 20.5. The van der Waals surface area contributed by atoms with E-state index in [1.165, 1.54) is 0 Å². The maximum atomic E-state index is 13.1. The Kier molecular flexibility index (Phi) is 7.46. The number of halogens is 1. The third kappa shape index (κ3) is 5.19. The zero-order valence-electron chi connectivity index (χ0n) is 15.4. The Morgan fingerprint density at radius 2 is 2.15 bits per heavy atom. The van der Waals surface area contributed by atoms with Crippen molar-refractivity contribution in [2.45, 2.75) is 44.1 Å². The Bertz CT molecular complexity index is 971. The molecule has 0 saturated carbocycles. The van der Waals surface area contributed by atoms with Crippen molar-refractivity contribution >= 4 is 49.9 Å². The number of aryl methyl sites for hydroxylation is 1. The highest BCUT2D eigenvalue weighted by molar-refractivity contribution is 9.10. The molecule has 0 aliphatic carbocycles. The number of aromatic nitrogens is 3. The number of rotatable bonds is 9. The molecular weight excluding hydrogens is 446 g/mol. The molecule has 0 saturated heterocycles. The first-order valence-electron chi connectivity index (χ1n) is 8.96. The molecular formula is C19H22BrN3O2S2. The van der Waals surface area contributed by atoms with E-state index in [4.69, 9.17) is 9.72 Å². The first-order chi connectivity index (χ1) is 13.1. The van der Waals surface area contributed by atoms with Crippen molar-refractivity contribution in [1.82, 2.24) is 14.5 Å². The number of fused-ring (bicyclic) bond motifs is 1. The van der Waals surface area contributed by atoms with Crippen LogP contribution >= 0.6 is 39.0 Å². The molecule has 2 heterocycles. The standard InChI is InChI=1S/C19H22BrN3O2S2/c1-3-17-21-14(11-26-17)12-27-19-22-16-7-6-13(20)10-15(16)18(24)23(19)8-5-9-25-4-2/h6-7,10-11H,3-5,8-9,12H2,1-2H3. The van der Waals surface area contributed by atoms with Crippen LogP contribution in [0, 0.1) is 0 Å². The van der Waals surface area contributed by atoms with Crippen molar-refractivity contribution in [2.75, 3.05) is 13.2 Å². The van der Waals surface area contributed by atoms with Gasteiger partial charge in [0, 0.05) is 35.4 Å². The van der Waals surface area contributed by atoms with Gasteiger partial charge in [0.15, 0.2) is 5.16 Å². The van der Waals surface area contributed by atoms with Crippen LogP contribution in [0.4, 0.5) is 0 Å². The van der Waals surface area contributed by atoms with Gasteiger partial charge >= 0.3 is 0 Å². The van der Waals surface area contributed by atoms with Crippen molar-refractivity contribution in [3.8, 4) is 0 Å². The lowest BCUT2D eigenvalue weighted by Crippen LogP contribution is -2.24. The Balaban J connectivity index is 1.90. The van der Waals surface area contributed by atoms with Gasteiger partial charge in [-0.25, -0.2) is 9.97 Å². The predicted molar refractivity (Wildman–Crippen MR) is 116 cm³/mol. The summed E-state index contributed by atoms with van der Waals surface area (Å²) in [6.07, 6.45) is 1.72. The zero-order chi connectivity index (χ0) is 19.2. The molecule has 3 aromatic rings. The number of nitrogens with zero attached hydrogens (tertiary/aromatic N) is 3. The molecule has 0 atom stereocenters.